The highest BCUT2D eigenvalue weighted by atomic mass is 79.9. The van der Waals surface area contributed by atoms with Gasteiger partial charge in [0.05, 0.1) is 24.7 Å². The largest absolute Gasteiger partial charge is 0.470 e. The highest BCUT2D eigenvalue weighted by molar-refractivity contribution is 9.10. The van der Waals surface area contributed by atoms with Gasteiger partial charge in [0.1, 0.15) is 6.61 Å². The van der Waals surface area contributed by atoms with Crippen LogP contribution in [0, 0.1) is 10.1 Å². The van der Waals surface area contributed by atoms with Gasteiger partial charge >= 0.3 is 5.69 Å². The van der Waals surface area contributed by atoms with Crippen LogP contribution in [0.15, 0.2) is 16.7 Å². The molecule has 0 amide bonds. The Morgan fingerprint density at radius 1 is 1.39 bits per heavy atom. The monoisotopic (exact) mass is 320 g/mol. The standard InChI is InChI=1S/C10H13BrN2O5/c1-16-2-3-17-4-5-18-10-9(13(14)15)6-8(11)7-12-10/h6-7H,2-5H2,1H3. The minimum Gasteiger partial charge on any atom is -0.470 e. The van der Waals surface area contributed by atoms with Gasteiger partial charge in [-0.15, -0.1) is 0 Å². The molecular weight excluding hydrogens is 308 g/mol. The van der Waals surface area contributed by atoms with Crippen molar-refractivity contribution in [2.45, 2.75) is 0 Å². The third-order valence-electron chi connectivity index (χ3n) is 1.89. The van der Waals surface area contributed by atoms with Crippen molar-refractivity contribution in [3.05, 3.63) is 26.9 Å². The van der Waals surface area contributed by atoms with Crippen molar-refractivity contribution in [2.24, 2.45) is 0 Å². The molecule has 0 radical (unpaired) electrons. The molecule has 0 aliphatic heterocycles. The Hall–Kier alpha value is -1.25. The Bertz CT molecular complexity index is 402. The van der Waals surface area contributed by atoms with Crippen LogP contribution in [0.1, 0.15) is 0 Å². The van der Waals surface area contributed by atoms with Crippen molar-refractivity contribution in [3.8, 4) is 5.88 Å². The first-order valence-corrected chi connectivity index (χ1v) is 5.94. The molecule has 0 spiro atoms. The number of hydrogen-bond donors (Lipinski definition) is 0. The number of methoxy groups -OCH3 is 1. The van der Waals surface area contributed by atoms with Crippen molar-refractivity contribution in [1.29, 1.82) is 0 Å². The molecule has 1 aromatic rings. The molecule has 0 saturated carbocycles. The molecule has 1 rings (SSSR count). The van der Waals surface area contributed by atoms with E-state index < -0.39 is 4.92 Å². The third-order valence-corrected chi connectivity index (χ3v) is 2.33. The second-order valence-corrected chi connectivity index (χ2v) is 4.10. The average Bonchev–Trinajstić information content (AvgIpc) is 2.35. The predicted octanol–water partition coefficient (Wildman–Crippen LogP) is 1.79. The Balaban J connectivity index is 2.44. The molecule has 0 saturated heterocycles. The molecule has 1 aromatic heterocycles. The van der Waals surface area contributed by atoms with E-state index in [0.29, 0.717) is 24.3 Å². The van der Waals surface area contributed by atoms with Gasteiger partial charge in [-0.05, 0) is 15.9 Å². The summed E-state index contributed by atoms with van der Waals surface area (Å²) in [5.41, 5.74) is -0.179. The van der Waals surface area contributed by atoms with Gasteiger partial charge in [0.15, 0.2) is 0 Å². The zero-order valence-electron chi connectivity index (χ0n) is 9.80. The molecule has 0 bridgehead atoms. The van der Waals surface area contributed by atoms with Crippen molar-refractivity contribution in [3.63, 3.8) is 0 Å². The SMILES string of the molecule is COCCOCCOc1ncc(Br)cc1[N+](=O)[O-]. The molecule has 0 atom stereocenters. The van der Waals surface area contributed by atoms with Crippen molar-refractivity contribution >= 4 is 21.6 Å². The topological polar surface area (TPSA) is 83.7 Å². The van der Waals surface area contributed by atoms with E-state index in [1.54, 1.807) is 7.11 Å². The Kier molecular flexibility index (Phi) is 6.55. The number of pyridine rings is 1. The number of nitro groups is 1. The normalized spacial score (nSPS) is 10.3. The quantitative estimate of drug-likeness (QED) is 0.412. The maximum atomic E-state index is 10.8. The summed E-state index contributed by atoms with van der Waals surface area (Å²) >= 11 is 3.11. The molecule has 18 heavy (non-hydrogen) atoms. The van der Waals surface area contributed by atoms with Crippen LogP contribution in [0.5, 0.6) is 5.88 Å². The Morgan fingerprint density at radius 2 is 2.11 bits per heavy atom. The fraction of sp³-hybridized carbons (Fsp3) is 0.500. The highest BCUT2D eigenvalue weighted by Gasteiger charge is 2.17. The first-order valence-electron chi connectivity index (χ1n) is 5.14. The van der Waals surface area contributed by atoms with Gasteiger partial charge in [-0.2, -0.15) is 0 Å². The molecule has 7 nitrogen and oxygen atoms in total. The summed E-state index contributed by atoms with van der Waals surface area (Å²) in [7, 11) is 1.58. The Morgan fingerprint density at radius 3 is 2.78 bits per heavy atom. The van der Waals surface area contributed by atoms with Gasteiger partial charge in [-0.1, -0.05) is 0 Å². The molecule has 0 aliphatic carbocycles. The summed E-state index contributed by atoms with van der Waals surface area (Å²) in [6.45, 7) is 1.46. The smallest absolute Gasteiger partial charge is 0.332 e. The lowest BCUT2D eigenvalue weighted by molar-refractivity contribution is -0.386. The molecule has 0 aliphatic rings. The van der Waals surface area contributed by atoms with Crippen LogP contribution >= 0.6 is 15.9 Å². The number of aromatic nitrogens is 1. The van der Waals surface area contributed by atoms with E-state index in [9.17, 15) is 10.1 Å². The van der Waals surface area contributed by atoms with Crippen LogP contribution in [0.2, 0.25) is 0 Å². The van der Waals surface area contributed by atoms with Gasteiger partial charge in [-0.3, -0.25) is 10.1 Å². The summed E-state index contributed by atoms with van der Waals surface area (Å²) in [5, 5.41) is 10.8. The number of ether oxygens (including phenoxy) is 3. The van der Waals surface area contributed by atoms with Gasteiger partial charge in [0.2, 0.25) is 0 Å². The van der Waals surface area contributed by atoms with E-state index in [-0.39, 0.29) is 18.2 Å². The fourth-order valence-corrected chi connectivity index (χ4v) is 1.42. The second-order valence-electron chi connectivity index (χ2n) is 3.19. The van der Waals surface area contributed by atoms with Gasteiger partial charge in [0, 0.05) is 23.8 Å². The lowest BCUT2D eigenvalue weighted by atomic mass is 10.4. The van der Waals surface area contributed by atoms with E-state index >= 15 is 0 Å². The predicted molar refractivity (Wildman–Crippen MR) is 66.8 cm³/mol. The molecule has 0 fully saturated rings. The third kappa shape index (κ3) is 4.94. The molecule has 1 heterocycles. The maximum Gasteiger partial charge on any atom is 0.332 e. The van der Waals surface area contributed by atoms with E-state index in [1.807, 2.05) is 0 Å². The fourth-order valence-electron chi connectivity index (χ4n) is 1.10. The number of hydrogen-bond acceptors (Lipinski definition) is 6. The summed E-state index contributed by atoms with van der Waals surface area (Å²) in [5.74, 6) is -0.0152. The summed E-state index contributed by atoms with van der Waals surface area (Å²) in [6.07, 6.45) is 1.44. The van der Waals surface area contributed by atoms with Crippen molar-refractivity contribution in [1.82, 2.24) is 4.98 Å². The van der Waals surface area contributed by atoms with Crippen LogP contribution in [-0.2, 0) is 9.47 Å². The molecule has 0 N–H and O–H groups in total. The molecule has 0 aromatic carbocycles. The van der Waals surface area contributed by atoms with Gasteiger partial charge in [0.25, 0.3) is 5.88 Å². The van der Waals surface area contributed by atoms with E-state index in [1.165, 1.54) is 12.3 Å². The first kappa shape index (κ1) is 14.8. The minimum atomic E-state index is -0.543. The van der Waals surface area contributed by atoms with Crippen LogP contribution in [0.25, 0.3) is 0 Å². The second kappa shape index (κ2) is 7.96. The lowest BCUT2D eigenvalue weighted by Crippen LogP contribution is -2.11. The number of nitrogens with zero attached hydrogens (tertiary/aromatic N) is 2. The maximum absolute atomic E-state index is 10.8. The highest BCUT2D eigenvalue weighted by Crippen LogP contribution is 2.27. The summed E-state index contributed by atoms with van der Waals surface area (Å²) in [4.78, 5) is 14.1. The van der Waals surface area contributed by atoms with E-state index in [2.05, 4.69) is 20.9 Å². The first-order chi connectivity index (χ1) is 8.65. The molecule has 100 valence electrons. The zero-order chi connectivity index (χ0) is 13.4. The number of halogens is 1. The van der Waals surface area contributed by atoms with E-state index in [4.69, 9.17) is 14.2 Å². The molecule has 8 heteroatoms. The van der Waals surface area contributed by atoms with Gasteiger partial charge < -0.3 is 14.2 Å². The average molecular weight is 321 g/mol. The molecular formula is C10H13BrN2O5. The lowest BCUT2D eigenvalue weighted by Gasteiger charge is -2.06. The summed E-state index contributed by atoms with van der Waals surface area (Å²) in [6, 6.07) is 1.34. The molecule has 0 unspecified atom stereocenters. The van der Waals surface area contributed by atoms with Crippen LogP contribution in [0.3, 0.4) is 0 Å². The Labute approximate surface area is 112 Å². The zero-order valence-corrected chi connectivity index (χ0v) is 11.4. The number of rotatable bonds is 8. The van der Waals surface area contributed by atoms with Crippen LogP contribution in [0.4, 0.5) is 5.69 Å². The summed E-state index contributed by atoms with van der Waals surface area (Å²) < 4.78 is 15.7. The van der Waals surface area contributed by atoms with Crippen LogP contribution in [-0.4, -0.2) is 43.4 Å². The van der Waals surface area contributed by atoms with E-state index in [0.717, 1.165) is 0 Å². The minimum absolute atomic E-state index is 0.0152. The van der Waals surface area contributed by atoms with Crippen molar-refractivity contribution in [2.75, 3.05) is 33.5 Å². The van der Waals surface area contributed by atoms with Crippen molar-refractivity contribution < 1.29 is 19.1 Å². The van der Waals surface area contributed by atoms with Crippen LogP contribution < -0.4 is 4.74 Å². The van der Waals surface area contributed by atoms with Gasteiger partial charge in [-0.25, -0.2) is 4.98 Å².